The minimum Gasteiger partial charge on any atom is -0.469 e. The van der Waals surface area contributed by atoms with E-state index in [0.29, 0.717) is 24.3 Å². The van der Waals surface area contributed by atoms with Crippen molar-refractivity contribution >= 4 is 17.1 Å². The van der Waals surface area contributed by atoms with E-state index in [2.05, 4.69) is 21.8 Å². The topological polar surface area (TPSA) is 102 Å². The molecule has 0 amide bonds. The lowest BCUT2D eigenvalue weighted by molar-refractivity contribution is -0.147. The van der Waals surface area contributed by atoms with Gasteiger partial charge in [0, 0.05) is 13.6 Å². The fraction of sp³-hybridized carbons (Fsp3) is 0.667. The fourth-order valence-corrected chi connectivity index (χ4v) is 3.65. The molecule has 2 aromatic heterocycles. The third kappa shape index (κ3) is 3.83. The Morgan fingerprint density at radius 3 is 2.63 bits per heavy atom. The summed E-state index contributed by atoms with van der Waals surface area (Å²) >= 11 is 0. The number of esters is 1. The molecule has 9 nitrogen and oxygen atoms in total. The number of carbonyl (C=O) groups is 1. The summed E-state index contributed by atoms with van der Waals surface area (Å²) in [6.45, 7) is 4.68. The van der Waals surface area contributed by atoms with Crippen LogP contribution in [0.2, 0.25) is 0 Å². The number of fused-ring (bicyclic) bond motifs is 1. The van der Waals surface area contributed by atoms with Gasteiger partial charge in [-0.3, -0.25) is 24.0 Å². The van der Waals surface area contributed by atoms with Crippen LogP contribution < -0.4 is 11.2 Å². The van der Waals surface area contributed by atoms with E-state index in [4.69, 9.17) is 4.74 Å². The number of aromatic amines is 1. The van der Waals surface area contributed by atoms with Crippen molar-refractivity contribution in [1.29, 1.82) is 0 Å². The standard InChI is InChI=1S/C18H27N5O4/c1-4-5-8-23-15-14(16(24)20-18(23)26)21(2)13(19-15)11-22-9-6-12(7-10-22)17(25)27-3/h12H,4-11H2,1-3H3,(H,20,24,26). The van der Waals surface area contributed by atoms with Gasteiger partial charge in [-0.15, -0.1) is 0 Å². The molecule has 1 aliphatic heterocycles. The maximum Gasteiger partial charge on any atom is 0.330 e. The van der Waals surface area contributed by atoms with Gasteiger partial charge in [0.15, 0.2) is 11.2 Å². The molecule has 0 atom stereocenters. The number of aryl methyl sites for hydroxylation is 2. The highest BCUT2D eigenvalue weighted by Gasteiger charge is 2.26. The molecule has 9 heteroatoms. The van der Waals surface area contributed by atoms with E-state index in [9.17, 15) is 14.4 Å². The molecule has 0 spiro atoms. The summed E-state index contributed by atoms with van der Waals surface area (Å²) in [5, 5.41) is 0. The van der Waals surface area contributed by atoms with E-state index in [-0.39, 0.29) is 11.9 Å². The number of nitrogens with one attached hydrogen (secondary N) is 1. The first kappa shape index (κ1) is 19.3. The molecule has 0 aliphatic carbocycles. The van der Waals surface area contributed by atoms with E-state index < -0.39 is 11.2 Å². The van der Waals surface area contributed by atoms with Crippen LogP contribution in [0.25, 0.3) is 11.2 Å². The number of carbonyl (C=O) groups excluding carboxylic acids is 1. The molecule has 27 heavy (non-hydrogen) atoms. The van der Waals surface area contributed by atoms with Gasteiger partial charge in [-0.1, -0.05) is 13.3 Å². The molecule has 1 aliphatic rings. The predicted octanol–water partition coefficient (Wildman–Crippen LogP) is 0.608. The zero-order chi connectivity index (χ0) is 19.6. The first-order chi connectivity index (χ1) is 13.0. The maximum absolute atomic E-state index is 12.3. The Bertz CT molecular complexity index is 934. The van der Waals surface area contributed by atoms with Crippen molar-refractivity contribution in [2.24, 2.45) is 13.0 Å². The lowest BCUT2D eigenvalue weighted by Gasteiger charge is -2.30. The largest absolute Gasteiger partial charge is 0.469 e. The Morgan fingerprint density at radius 1 is 1.30 bits per heavy atom. The molecule has 1 saturated heterocycles. The predicted molar refractivity (Wildman–Crippen MR) is 101 cm³/mol. The minimum absolute atomic E-state index is 0.0474. The Hall–Kier alpha value is -2.42. The van der Waals surface area contributed by atoms with Crippen LogP contribution in [0.3, 0.4) is 0 Å². The SMILES string of the molecule is CCCCn1c(=O)[nH]c(=O)c2c1nc(CN1CCC(C(=O)OC)CC1)n2C. The number of ether oxygens (including phenoxy) is 1. The lowest BCUT2D eigenvalue weighted by atomic mass is 9.97. The zero-order valence-corrected chi connectivity index (χ0v) is 16.2. The highest BCUT2D eigenvalue weighted by atomic mass is 16.5. The van der Waals surface area contributed by atoms with Crippen molar-refractivity contribution in [3.05, 3.63) is 26.7 Å². The molecule has 0 radical (unpaired) electrons. The van der Waals surface area contributed by atoms with E-state index in [1.165, 1.54) is 7.11 Å². The number of nitrogens with zero attached hydrogens (tertiary/aromatic N) is 4. The number of hydrogen-bond acceptors (Lipinski definition) is 6. The molecule has 2 aromatic rings. The summed E-state index contributed by atoms with van der Waals surface area (Å²) in [6, 6.07) is 0. The van der Waals surface area contributed by atoms with Crippen LogP contribution in [0, 0.1) is 5.92 Å². The van der Waals surface area contributed by atoms with Gasteiger partial charge in [-0.2, -0.15) is 0 Å². The molecule has 0 aromatic carbocycles. The van der Waals surface area contributed by atoms with Crippen LogP contribution >= 0.6 is 0 Å². The second-order valence-electron chi connectivity index (χ2n) is 7.10. The quantitative estimate of drug-likeness (QED) is 0.740. The van der Waals surface area contributed by atoms with Gasteiger partial charge in [-0.25, -0.2) is 9.78 Å². The molecule has 1 fully saturated rings. The summed E-state index contributed by atoms with van der Waals surface area (Å²) in [6.07, 6.45) is 3.28. The Morgan fingerprint density at radius 2 is 2.00 bits per heavy atom. The lowest BCUT2D eigenvalue weighted by Crippen LogP contribution is -2.36. The van der Waals surface area contributed by atoms with Crippen molar-refractivity contribution in [3.63, 3.8) is 0 Å². The number of H-pyrrole nitrogens is 1. The second-order valence-corrected chi connectivity index (χ2v) is 7.10. The third-order valence-corrected chi connectivity index (χ3v) is 5.33. The normalized spacial score (nSPS) is 16.1. The van der Waals surface area contributed by atoms with Gasteiger partial charge >= 0.3 is 11.7 Å². The second kappa shape index (κ2) is 8.08. The first-order valence-corrected chi connectivity index (χ1v) is 9.44. The number of aromatic nitrogens is 4. The Balaban J connectivity index is 1.85. The Labute approximate surface area is 156 Å². The number of rotatable bonds is 6. The van der Waals surface area contributed by atoms with E-state index in [0.717, 1.165) is 44.6 Å². The van der Waals surface area contributed by atoms with Gasteiger partial charge in [0.2, 0.25) is 0 Å². The molecule has 0 saturated carbocycles. The highest BCUT2D eigenvalue weighted by molar-refractivity contribution is 5.72. The minimum atomic E-state index is -0.413. The maximum atomic E-state index is 12.3. The summed E-state index contributed by atoms with van der Waals surface area (Å²) in [5.74, 6) is 0.542. The van der Waals surface area contributed by atoms with Gasteiger partial charge in [0.25, 0.3) is 5.56 Å². The van der Waals surface area contributed by atoms with Crippen LogP contribution in [-0.4, -0.2) is 50.2 Å². The average molecular weight is 377 g/mol. The van der Waals surface area contributed by atoms with Crippen LogP contribution in [0.1, 0.15) is 38.4 Å². The van der Waals surface area contributed by atoms with Crippen LogP contribution in [0.15, 0.2) is 9.59 Å². The van der Waals surface area contributed by atoms with Crippen molar-refractivity contribution < 1.29 is 9.53 Å². The average Bonchev–Trinajstić information content (AvgIpc) is 2.98. The summed E-state index contributed by atoms with van der Waals surface area (Å²) in [7, 11) is 3.22. The number of methoxy groups -OCH3 is 1. The Kier molecular flexibility index (Phi) is 5.79. The van der Waals surface area contributed by atoms with Crippen LogP contribution in [0.4, 0.5) is 0 Å². The number of imidazole rings is 1. The summed E-state index contributed by atoms with van der Waals surface area (Å²) in [4.78, 5) is 45.4. The monoisotopic (exact) mass is 377 g/mol. The van der Waals surface area contributed by atoms with Crippen molar-refractivity contribution in [3.8, 4) is 0 Å². The molecule has 0 bridgehead atoms. The molecule has 3 rings (SSSR count). The highest BCUT2D eigenvalue weighted by Crippen LogP contribution is 2.20. The van der Waals surface area contributed by atoms with E-state index >= 15 is 0 Å². The van der Waals surface area contributed by atoms with Gasteiger partial charge in [0.05, 0.1) is 19.6 Å². The zero-order valence-electron chi connectivity index (χ0n) is 16.2. The molecular weight excluding hydrogens is 350 g/mol. The van der Waals surface area contributed by atoms with Crippen molar-refractivity contribution in [2.45, 2.75) is 45.7 Å². The van der Waals surface area contributed by atoms with Crippen LogP contribution in [0.5, 0.6) is 0 Å². The summed E-state index contributed by atoms with van der Waals surface area (Å²) in [5.41, 5.74) is 0.0437. The number of unbranched alkanes of at least 4 members (excludes halogenated alkanes) is 1. The van der Waals surface area contributed by atoms with Gasteiger partial charge in [-0.05, 0) is 32.4 Å². The first-order valence-electron chi connectivity index (χ1n) is 9.44. The number of hydrogen-bond donors (Lipinski definition) is 1. The molecule has 148 valence electrons. The van der Waals surface area contributed by atoms with Gasteiger partial charge in [0.1, 0.15) is 5.82 Å². The van der Waals surface area contributed by atoms with E-state index in [1.54, 1.807) is 16.2 Å². The molecular formula is C18H27N5O4. The fourth-order valence-electron chi connectivity index (χ4n) is 3.65. The number of likely N-dealkylation sites (tertiary alicyclic amines) is 1. The third-order valence-electron chi connectivity index (χ3n) is 5.33. The van der Waals surface area contributed by atoms with E-state index in [1.807, 2.05) is 0 Å². The van der Waals surface area contributed by atoms with Crippen molar-refractivity contribution in [1.82, 2.24) is 24.0 Å². The molecule has 1 N–H and O–H groups in total. The van der Waals surface area contributed by atoms with Crippen molar-refractivity contribution in [2.75, 3.05) is 20.2 Å². The van der Waals surface area contributed by atoms with Gasteiger partial charge < -0.3 is 9.30 Å². The molecule has 3 heterocycles. The summed E-state index contributed by atoms with van der Waals surface area (Å²) < 4.78 is 8.14. The van der Waals surface area contributed by atoms with Crippen LogP contribution in [-0.2, 0) is 29.7 Å². The molecule has 0 unspecified atom stereocenters. The number of piperidine rings is 1. The smallest absolute Gasteiger partial charge is 0.330 e.